The molecular weight excluding hydrogens is 420 g/mol. The third kappa shape index (κ3) is 4.56. The van der Waals surface area contributed by atoms with Crippen LogP contribution in [-0.2, 0) is 9.59 Å². The summed E-state index contributed by atoms with van der Waals surface area (Å²) in [6.45, 7) is 3.18. The monoisotopic (exact) mass is 440 g/mol. The fourth-order valence-electron chi connectivity index (χ4n) is 3.28. The number of hydrogen-bond donors (Lipinski definition) is 5. The summed E-state index contributed by atoms with van der Waals surface area (Å²) in [4.78, 5) is 58.3. The molecule has 3 aromatic rings. The Bertz CT molecular complexity index is 1250. The van der Waals surface area contributed by atoms with Crippen LogP contribution in [0.15, 0.2) is 24.4 Å². The van der Waals surface area contributed by atoms with Crippen molar-refractivity contribution >= 4 is 34.7 Å². The summed E-state index contributed by atoms with van der Waals surface area (Å²) < 4.78 is 0. The number of rotatable bonds is 8. The molecule has 1 amide bonds. The van der Waals surface area contributed by atoms with Crippen molar-refractivity contribution in [1.82, 2.24) is 20.3 Å². The van der Waals surface area contributed by atoms with Gasteiger partial charge in [-0.2, -0.15) is 4.98 Å². The summed E-state index contributed by atoms with van der Waals surface area (Å²) in [5.74, 6) is -3.64. The molecule has 2 heterocycles. The Kier molecular flexibility index (Phi) is 6.19. The molecule has 1 atom stereocenters. The zero-order valence-corrected chi connectivity index (χ0v) is 17.2. The smallest absolute Gasteiger partial charge is 0.326 e. The molecule has 32 heavy (non-hydrogen) atoms. The Morgan fingerprint density at radius 1 is 1.09 bits per heavy atom. The fourth-order valence-corrected chi connectivity index (χ4v) is 3.28. The number of aryl methyl sites for hydroxylation is 2. The lowest BCUT2D eigenvalue weighted by molar-refractivity contribution is -0.140. The van der Waals surface area contributed by atoms with E-state index in [1.807, 2.05) is 0 Å². The number of amides is 1. The van der Waals surface area contributed by atoms with E-state index in [9.17, 15) is 29.4 Å². The summed E-state index contributed by atoms with van der Waals surface area (Å²) >= 11 is 0. The minimum Gasteiger partial charge on any atom is -0.493 e. The van der Waals surface area contributed by atoms with E-state index in [-0.39, 0.29) is 34.4 Å². The molecular formula is C21H20N4O7. The van der Waals surface area contributed by atoms with E-state index in [1.165, 1.54) is 24.4 Å². The predicted octanol–water partition coefficient (Wildman–Crippen LogP) is 1.56. The van der Waals surface area contributed by atoms with Crippen molar-refractivity contribution in [1.29, 1.82) is 0 Å². The van der Waals surface area contributed by atoms with Crippen molar-refractivity contribution in [3.8, 4) is 5.88 Å². The van der Waals surface area contributed by atoms with Crippen molar-refractivity contribution in [3.05, 3.63) is 52.5 Å². The van der Waals surface area contributed by atoms with E-state index in [1.54, 1.807) is 13.8 Å². The largest absolute Gasteiger partial charge is 0.493 e. The number of nitrogens with zero attached hydrogens (tertiary/aromatic N) is 2. The molecule has 0 saturated heterocycles. The third-order valence-electron chi connectivity index (χ3n) is 4.85. The number of ketones is 1. The second kappa shape index (κ2) is 8.84. The van der Waals surface area contributed by atoms with Crippen molar-refractivity contribution < 1.29 is 34.5 Å². The molecule has 0 spiro atoms. The number of carboxylic acid groups (broad SMARTS) is 2. The first kappa shape index (κ1) is 22.4. The molecule has 0 aliphatic heterocycles. The number of aliphatic carboxylic acids is 2. The summed E-state index contributed by atoms with van der Waals surface area (Å²) in [5.41, 5.74) is 1.26. The number of benzene rings is 1. The number of aromatic hydroxyl groups is 1. The van der Waals surface area contributed by atoms with Gasteiger partial charge in [-0.1, -0.05) is 6.07 Å². The van der Waals surface area contributed by atoms with Crippen LogP contribution in [0, 0.1) is 13.8 Å². The summed E-state index contributed by atoms with van der Waals surface area (Å²) in [7, 11) is 0. The molecule has 11 nitrogen and oxygen atoms in total. The lowest BCUT2D eigenvalue weighted by Gasteiger charge is -2.15. The Labute approximate surface area is 181 Å². The highest BCUT2D eigenvalue weighted by Gasteiger charge is 2.24. The number of aromatic amines is 1. The lowest BCUT2D eigenvalue weighted by Crippen LogP contribution is -2.41. The van der Waals surface area contributed by atoms with Gasteiger partial charge >= 0.3 is 11.9 Å². The molecule has 0 aliphatic carbocycles. The third-order valence-corrected chi connectivity index (χ3v) is 4.85. The first-order valence-corrected chi connectivity index (χ1v) is 9.54. The normalized spacial score (nSPS) is 11.8. The number of carboxylic acids is 2. The summed E-state index contributed by atoms with van der Waals surface area (Å²) in [6, 6.07) is 2.89. The Hall–Kier alpha value is -4.28. The quantitative estimate of drug-likeness (QED) is 0.324. The lowest BCUT2D eigenvalue weighted by atomic mass is 9.98. The Morgan fingerprint density at radius 2 is 1.81 bits per heavy atom. The molecule has 3 rings (SSSR count). The standard InChI is InChI=1S/C21H20N4O7/c1-9-7-11(17(28)13-8-22-18-16(13)20(30)24-10(2)23-18)3-4-12(9)19(29)25-14(21(31)32)5-6-15(26)27/h3-4,7-8,14H,5-6H2,1-2H3,(H,25,29)(H,26,27)(H,31,32)(H2,22,23,24,30)/t14-/m0/s1. The van der Waals surface area contributed by atoms with E-state index in [2.05, 4.69) is 20.3 Å². The molecule has 0 saturated carbocycles. The van der Waals surface area contributed by atoms with Gasteiger partial charge in [0.15, 0.2) is 5.78 Å². The van der Waals surface area contributed by atoms with Crippen molar-refractivity contribution in [3.63, 3.8) is 0 Å². The second-order valence-electron chi connectivity index (χ2n) is 7.18. The molecule has 0 unspecified atom stereocenters. The van der Waals surface area contributed by atoms with Gasteiger partial charge in [-0.05, 0) is 38.0 Å². The first-order chi connectivity index (χ1) is 15.1. The first-order valence-electron chi connectivity index (χ1n) is 9.54. The molecule has 0 aliphatic rings. The maximum absolute atomic E-state index is 13.0. The maximum Gasteiger partial charge on any atom is 0.326 e. The van der Waals surface area contributed by atoms with Crippen molar-refractivity contribution in [2.45, 2.75) is 32.7 Å². The topological polar surface area (TPSA) is 183 Å². The van der Waals surface area contributed by atoms with Crippen LogP contribution in [0.1, 0.15) is 50.5 Å². The second-order valence-corrected chi connectivity index (χ2v) is 7.18. The number of H-pyrrole nitrogens is 1. The number of fused-ring (bicyclic) bond motifs is 1. The Morgan fingerprint density at radius 3 is 2.44 bits per heavy atom. The Balaban J connectivity index is 1.85. The number of hydrogen-bond acceptors (Lipinski definition) is 7. The fraction of sp³-hybridized carbons (Fsp3) is 0.238. The van der Waals surface area contributed by atoms with Crippen LogP contribution in [0.3, 0.4) is 0 Å². The predicted molar refractivity (Wildman–Crippen MR) is 111 cm³/mol. The summed E-state index contributed by atoms with van der Waals surface area (Å²) in [6.07, 6.45) is 0.735. The van der Waals surface area contributed by atoms with E-state index >= 15 is 0 Å². The highest BCUT2D eigenvalue weighted by molar-refractivity contribution is 6.17. The van der Waals surface area contributed by atoms with Crippen LogP contribution in [0.4, 0.5) is 0 Å². The van der Waals surface area contributed by atoms with E-state index in [0.717, 1.165) is 0 Å². The molecule has 0 bridgehead atoms. The van der Waals surface area contributed by atoms with Gasteiger partial charge in [0, 0.05) is 23.7 Å². The molecule has 166 valence electrons. The number of carbonyl (C=O) groups excluding carboxylic acids is 2. The van der Waals surface area contributed by atoms with Gasteiger partial charge in [-0.25, -0.2) is 9.78 Å². The van der Waals surface area contributed by atoms with Gasteiger partial charge in [-0.3, -0.25) is 14.4 Å². The number of aromatic nitrogens is 3. The van der Waals surface area contributed by atoms with Crippen molar-refractivity contribution in [2.75, 3.05) is 0 Å². The zero-order chi connectivity index (χ0) is 23.6. The van der Waals surface area contributed by atoms with Gasteiger partial charge in [0.2, 0.25) is 5.88 Å². The average Bonchev–Trinajstić information content (AvgIpc) is 3.13. The molecule has 1 aromatic carbocycles. The van der Waals surface area contributed by atoms with Crippen LogP contribution in [0.5, 0.6) is 5.88 Å². The van der Waals surface area contributed by atoms with Crippen LogP contribution >= 0.6 is 0 Å². The van der Waals surface area contributed by atoms with E-state index < -0.39 is 36.1 Å². The van der Waals surface area contributed by atoms with Crippen molar-refractivity contribution in [2.24, 2.45) is 0 Å². The van der Waals surface area contributed by atoms with E-state index in [0.29, 0.717) is 17.0 Å². The molecule has 5 N–H and O–H groups in total. The van der Waals surface area contributed by atoms with Gasteiger partial charge < -0.3 is 25.6 Å². The molecule has 0 radical (unpaired) electrons. The SMILES string of the molecule is Cc1nc(O)c2c(C(=O)c3ccc(C(=O)N[C@@H](CCC(=O)O)C(=O)O)c(C)c3)c[nH]c2n1. The molecule has 0 fully saturated rings. The van der Waals surface area contributed by atoms with Gasteiger partial charge in [-0.15, -0.1) is 0 Å². The number of nitrogens with one attached hydrogen (secondary N) is 2. The maximum atomic E-state index is 13.0. The van der Waals surface area contributed by atoms with Gasteiger partial charge in [0.1, 0.15) is 17.5 Å². The van der Waals surface area contributed by atoms with Crippen LogP contribution in [0.25, 0.3) is 11.0 Å². The van der Waals surface area contributed by atoms with Gasteiger partial charge in [0.25, 0.3) is 5.91 Å². The van der Waals surface area contributed by atoms with E-state index in [4.69, 9.17) is 5.11 Å². The molecule has 2 aromatic heterocycles. The minimum atomic E-state index is -1.36. The van der Waals surface area contributed by atoms with Gasteiger partial charge in [0.05, 0.1) is 10.9 Å². The highest BCUT2D eigenvalue weighted by atomic mass is 16.4. The van der Waals surface area contributed by atoms with Crippen LogP contribution in [-0.4, -0.2) is 59.9 Å². The average molecular weight is 440 g/mol. The van der Waals surface area contributed by atoms with Crippen LogP contribution in [0.2, 0.25) is 0 Å². The summed E-state index contributed by atoms with van der Waals surface area (Å²) in [5, 5.41) is 30.6. The number of carbonyl (C=O) groups is 4. The molecule has 11 heteroatoms. The van der Waals surface area contributed by atoms with Crippen LogP contribution < -0.4 is 5.32 Å². The highest BCUT2D eigenvalue weighted by Crippen LogP contribution is 2.27. The zero-order valence-electron chi connectivity index (χ0n) is 17.2. The minimum absolute atomic E-state index is 0.142.